The number of nitrogens with one attached hydrogen (secondary N) is 1. The Morgan fingerprint density at radius 3 is 2.84 bits per heavy atom. The zero-order valence-electron chi connectivity index (χ0n) is 9.94. The predicted octanol–water partition coefficient (Wildman–Crippen LogP) is 4.49. The van der Waals surface area contributed by atoms with E-state index in [0.717, 1.165) is 10.0 Å². The van der Waals surface area contributed by atoms with Crippen molar-refractivity contribution in [2.45, 2.75) is 11.3 Å². The number of nitrogens with zero attached hydrogens (tertiary/aromatic N) is 1. The third-order valence-corrected chi connectivity index (χ3v) is 5.01. The molecule has 1 aromatic carbocycles. The maximum atomic E-state index is 11.8. The molecular weight excluding hydrogens is 323 g/mol. The molecule has 100 valence electrons. The first-order valence-electron chi connectivity index (χ1n) is 5.34. The molecule has 1 heterocycles. The smallest absolute Gasteiger partial charge is 0.234 e. The summed E-state index contributed by atoms with van der Waals surface area (Å²) in [5.41, 5.74) is 1.60. The van der Waals surface area contributed by atoms with E-state index in [2.05, 4.69) is 10.3 Å². The number of halogens is 2. The normalized spacial score (nSPS) is 10.5. The quantitative estimate of drug-likeness (QED) is 0.838. The summed E-state index contributed by atoms with van der Waals surface area (Å²) in [5.74, 6) is 0.212. The lowest BCUT2D eigenvalue weighted by Crippen LogP contribution is -2.13. The van der Waals surface area contributed by atoms with Crippen molar-refractivity contribution >= 4 is 57.9 Å². The van der Waals surface area contributed by atoms with E-state index < -0.39 is 0 Å². The van der Waals surface area contributed by atoms with Crippen LogP contribution in [0.5, 0.6) is 0 Å². The van der Waals surface area contributed by atoms with Gasteiger partial charge in [0, 0.05) is 16.8 Å². The molecule has 0 saturated carbocycles. The zero-order valence-corrected chi connectivity index (χ0v) is 13.1. The molecule has 3 nitrogen and oxygen atoms in total. The second kappa shape index (κ2) is 6.61. The molecule has 2 aromatic rings. The number of amides is 1. The number of rotatable bonds is 4. The summed E-state index contributed by atoms with van der Waals surface area (Å²) >= 11 is 14.6. The van der Waals surface area contributed by atoms with Gasteiger partial charge in [0.25, 0.3) is 0 Å². The minimum Gasteiger partial charge on any atom is -0.325 e. The van der Waals surface area contributed by atoms with E-state index in [-0.39, 0.29) is 5.91 Å². The van der Waals surface area contributed by atoms with Crippen molar-refractivity contribution in [3.63, 3.8) is 0 Å². The van der Waals surface area contributed by atoms with Crippen LogP contribution < -0.4 is 5.32 Å². The molecule has 1 aromatic heterocycles. The van der Waals surface area contributed by atoms with E-state index in [4.69, 9.17) is 23.2 Å². The number of hydrogen-bond acceptors (Lipinski definition) is 4. The molecular formula is C12H10Cl2N2OS2. The van der Waals surface area contributed by atoms with E-state index in [0.29, 0.717) is 21.5 Å². The molecule has 0 atom stereocenters. The summed E-state index contributed by atoms with van der Waals surface area (Å²) in [6.07, 6.45) is 0. The number of carbonyl (C=O) groups is 1. The SMILES string of the molecule is Cc1csc(SCC(=O)Nc2ccc(Cl)c(Cl)c2)n1. The summed E-state index contributed by atoms with van der Waals surface area (Å²) in [5, 5.41) is 5.60. The lowest BCUT2D eigenvalue weighted by atomic mass is 10.3. The molecule has 0 unspecified atom stereocenters. The molecule has 0 aliphatic carbocycles. The number of carbonyl (C=O) groups excluding carboxylic acids is 1. The first kappa shape index (κ1) is 14.7. The van der Waals surface area contributed by atoms with Gasteiger partial charge >= 0.3 is 0 Å². The molecule has 2 rings (SSSR count). The standard InChI is InChI=1S/C12H10Cl2N2OS2/c1-7-5-18-12(15-7)19-6-11(17)16-8-2-3-9(13)10(14)4-8/h2-5H,6H2,1H3,(H,16,17). The number of hydrogen-bond donors (Lipinski definition) is 1. The van der Waals surface area contributed by atoms with Crippen LogP contribution in [0.15, 0.2) is 27.9 Å². The molecule has 0 fully saturated rings. The van der Waals surface area contributed by atoms with Gasteiger partial charge in [-0.05, 0) is 25.1 Å². The van der Waals surface area contributed by atoms with Gasteiger partial charge in [0.15, 0.2) is 4.34 Å². The van der Waals surface area contributed by atoms with Crippen LogP contribution in [0.4, 0.5) is 5.69 Å². The van der Waals surface area contributed by atoms with Crippen LogP contribution in [0, 0.1) is 6.92 Å². The summed E-state index contributed by atoms with van der Waals surface area (Å²) in [7, 11) is 0. The largest absolute Gasteiger partial charge is 0.325 e. The third kappa shape index (κ3) is 4.38. The topological polar surface area (TPSA) is 42.0 Å². The molecule has 0 bridgehead atoms. The predicted molar refractivity (Wildman–Crippen MR) is 82.7 cm³/mol. The number of anilines is 1. The maximum absolute atomic E-state index is 11.8. The van der Waals surface area contributed by atoms with Gasteiger partial charge in [0.05, 0.1) is 15.8 Å². The maximum Gasteiger partial charge on any atom is 0.234 e. The van der Waals surface area contributed by atoms with Crippen molar-refractivity contribution in [2.75, 3.05) is 11.1 Å². The third-order valence-electron chi connectivity index (χ3n) is 2.13. The highest BCUT2D eigenvalue weighted by Gasteiger charge is 2.07. The lowest BCUT2D eigenvalue weighted by molar-refractivity contribution is -0.113. The highest BCUT2D eigenvalue weighted by Crippen LogP contribution is 2.26. The van der Waals surface area contributed by atoms with E-state index in [9.17, 15) is 4.79 Å². The van der Waals surface area contributed by atoms with E-state index in [1.54, 1.807) is 18.2 Å². The second-order valence-corrected chi connectivity index (χ2v) is 6.62. The molecule has 7 heteroatoms. The number of thiazole rings is 1. The molecule has 0 aliphatic rings. The van der Waals surface area contributed by atoms with Crippen molar-refractivity contribution < 1.29 is 4.79 Å². The Hall–Kier alpha value is -0.750. The van der Waals surface area contributed by atoms with Crippen molar-refractivity contribution in [1.82, 2.24) is 4.98 Å². The Morgan fingerprint density at radius 2 is 2.21 bits per heavy atom. The van der Waals surface area contributed by atoms with Crippen LogP contribution in [0.2, 0.25) is 10.0 Å². The Morgan fingerprint density at radius 1 is 1.42 bits per heavy atom. The highest BCUT2D eigenvalue weighted by molar-refractivity contribution is 8.01. The van der Waals surface area contributed by atoms with Gasteiger partial charge in [0.2, 0.25) is 5.91 Å². The molecule has 19 heavy (non-hydrogen) atoms. The number of benzene rings is 1. The Kier molecular flexibility index (Phi) is 5.10. The number of thioether (sulfide) groups is 1. The minimum absolute atomic E-state index is 0.101. The molecule has 1 N–H and O–H groups in total. The van der Waals surface area contributed by atoms with Gasteiger partial charge in [-0.25, -0.2) is 4.98 Å². The van der Waals surface area contributed by atoms with E-state index >= 15 is 0 Å². The fourth-order valence-corrected chi connectivity index (χ4v) is 3.24. The first-order chi connectivity index (χ1) is 9.04. The van der Waals surface area contributed by atoms with Gasteiger partial charge in [-0.2, -0.15) is 0 Å². The number of aromatic nitrogens is 1. The summed E-state index contributed by atoms with van der Waals surface area (Å²) in [4.78, 5) is 16.0. The van der Waals surface area contributed by atoms with Crippen LogP contribution in [0.1, 0.15) is 5.69 Å². The lowest BCUT2D eigenvalue weighted by Gasteiger charge is -2.05. The Labute approximate surface area is 129 Å². The monoisotopic (exact) mass is 332 g/mol. The van der Waals surface area contributed by atoms with Gasteiger partial charge in [-0.15, -0.1) is 11.3 Å². The highest BCUT2D eigenvalue weighted by atomic mass is 35.5. The first-order valence-corrected chi connectivity index (χ1v) is 7.96. The van der Waals surface area contributed by atoms with Crippen LogP contribution in [-0.4, -0.2) is 16.6 Å². The minimum atomic E-state index is -0.101. The summed E-state index contributed by atoms with van der Waals surface area (Å²) in [6, 6.07) is 4.99. The summed E-state index contributed by atoms with van der Waals surface area (Å²) < 4.78 is 0.891. The fraction of sp³-hybridized carbons (Fsp3) is 0.167. The Balaban J connectivity index is 1.88. The van der Waals surface area contributed by atoms with Crippen molar-refractivity contribution in [2.24, 2.45) is 0 Å². The van der Waals surface area contributed by atoms with Gasteiger partial charge in [-0.1, -0.05) is 35.0 Å². The van der Waals surface area contributed by atoms with Crippen molar-refractivity contribution in [3.8, 4) is 0 Å². The van der Waals surface area contributed by atoms with Crippen molar-refractivity contribution in [1.29, 1.82) is 0 Å². The average molecular weight is 333 g/mol. The molecule has 0 radical (unpaired) electrons. The van der Waals surface area contributed by atoms with E-state index in [1.807, 2.05) is 12.3 Å². The second-order valence-electron chi connectivity index (χ2n) is 3.72. The van der Waals surface area contributed by atoms with Gasteiger partial charge in [0.1, 0.15) is 0 Å². The van der Waals surface area contributed by atoms with E-state index in [1.165, 1.54) is 23.1 Å². The van der Waals surface area contributed by atoms with Crippen LogP contribution >= 0.6 is 46.3 Å². The summed E-state index contributed by atoms with van der Waals surface area (Å²) in [6.45, 7) is 1.93. The zero-order chi connectivity index (χ0) is 13.8. The molecule has 0 saturated heterocycles. The van der Waals surface area contributed by atoms with Crippen molar-refractivity contribution in [3.05, 3.63) is 39.3 Å². The van der Waals surface area contributed by atoms with Gasteiger partial charge < -0.3 is 5.32 Å². The number of aryl methyl sites for hydroxylation is 1. The van der Waals surface area contributed by atoms with Crippen LogP contribution in [-0.2, 0) is 4.79 Å². The van der Waals surface area contributed by atoms with Crippen LogP contribution in [0.3, 0.4) is 0 Å². The molecule has 0 spiro atoms. The average Bonchev–Trinajstić information content (AvgIpc) is 2.77. The Bertz CT molecular complexity index is 601. The molecule has 1 amide bonds. The fourth-order valence-electron chi connectivity index (χ4n) is 1.30. The van der Waals surface area contributed by atoms with Gasteiger partial charge in [-0.3, -0.25) is 4.79 Å². The molecule has 0 aliphatic heterocycles. The van der Waals surface area contributed by atoms with Crippen LogP contribution in [0.25, 0.3) is 0 Å².